The predicted octanol–water partition coefficient (Wildman–Crippen LogP) is 4.92. The first-order chi connectivity index (χ1) is 9.58. The van der Waals surface area contributed by atoms with Crippen molar-refractivity contribution in [1.29, 1.82) is 0 Å². The fraction of sp³-hybridized carbons (Fsp3) is 0.133. The molecule has 0 saturated heterocycles. The van der Waals surface area contributed by atoms with Crippen molar-refractivity contribution in [3.63, 3.8) is 0 Å². The van der Waals surface area contributed by atoms with E-state index in [0.717, 1.165) is 16.5 Å². The number of halogens is 3. The van der Waals surface area contributed by atoms with Crippen LogP contribution >= 0.6 is 39.1 Å². The number of hydrogen-bond acceptors (Lipinski definition) is 2. The van der Waals surface area contributed by atoms with Gasteiger partial charge in [-0.25, -0.2) is 0 Å². The van der Waals surface area contributed by atoms with Crippen LogP contribution in [0, 0.1) is 0 Å². The van der Waals surface area contributed by atoms with Gasteiger partial charge < -0.3 is 4.74 Å². The molecule has 0 bridgehead atoms. The Kier molecular flexibility index (Phi) is 3.76. The van der Waals surface area contributed by atoms with E-state index in [2.05, 4.69) is 15.9 Å². The van der Waals surface area contributed by atoms with Gasteiger partial charge in [-0.1, -0.05) is 45.2 Å². The van der Waals surface area contributed by atoms with Crippen molar-refractivity contribution in [2.75, 3.05) is 6.61 Å². The molecule has 2 aromatic rings. The van der Waals surface area contributed by atoms with Gasteiger partial charge in [0, 0.05) is 10.9 Å². The Bertz CT molecular complexity index is 693. The summed E-state index contributed by atoms with van der Waals surface area (Å²) in [7, 11) is 0. The van der Waals surface area contributed by atoms with Crippen molar-refractivity contribution in [3.8, 4) is 5.75 Å². The Morgan fingerprint density at radius 3 is 2.60 bits per heavy atom. The van der Waals surface area contributed by atoms with Gasteiger partial charge in [-0.2, -0.15) is 0 Å². The maximum absolute atomic E-state index is 12.7. The summed E-state index contributed by atoms with van der Waals surface area (Å²) < 4.78 is 6.42. The molecule has 0 amide bonds. The van der Waals surface area contributed by atoms with Gasteiger partial charge in [0.05, 0.1) is 27.8 Å². The van der Waals surface area contributed by atoms with Crippen molar-refractivity contribution in [2.45, 2.75) is 6.42 Å². The summed E-state index contributed by atoms with van der Waals surface area (Å²) in [5.74, 6) is 0.411. The lowest BCUT2D eigenvalue weighted by Gasteiger charge is -2.10. The number of ketones is 1. The third kappa shape index (κ3) is 2.34. The lowest BCUT2D eigenvalue weighted by atomic mass is 9.99. The molecule has 0 unspecified atom stereocenters. The van der Waals surface area contributed by atoms with Crippen LogP contribution in [-0.4, -0.2) is 12.4 Å². The molecule has 0 aliphatic carbocycles. The topological polar surface area (TPSA) is 26.3 Å². The smallest absolute Gasteiger partial charge is 0.199 e. The maximum atomic E-state index is 12.7. The summed E-state index contributed by atoms with van der Waals surface area (Å²) in [4.78, 5) is 12.7. The van der Waals surface area contributed by atoms with Crippen LogP contribution in [0.15, 0.2) is 34.8 Å². The fourth-order valence-corrected chi connectivity index (χ4v) is 3.36. The highest BCUT2D eigenvalue weighted by Gasteiger charge is 2.25. The van der Waals surface area contributed by atoms with Gasteiger partial charge in [0.15, 0.2) is 5.78 Å². The van der Waals surface area contributed by atoms with Gasteiger partial charge in [0.1, 0.15) is 5.75 Å². The molecule has 0 saturated carbocycles. The Morgan fingerprint density at radius 2 is 1.90 bits per heavy atom. The van der Waals surface area contributed by atoms with Crippen molar-refractivity contribution >= 4 is 44.9 Å². The minimum absolute atomic E-state index is 0.222. The van der Waals surface area contributed by atoms with Gasteiger partial charge >= 0.3 is 0 Å². The minimum Gasteiger partial charge on any atom is -0.492 e. The lowest BCUT2D eigenvalue weighted by Crippen LogP contribution is -2.05. The van der Waals surface area contributed by atoms with E-state index in [0.29, 0.717) is 33.5 Å². The zero-order chi connectivity index (χ0) is 14.3. The second-order valence-corrected chi connectivity index (χ2v) is 6.20. The van der Waals surface area contributed by atoms with Crippen LogP contribution < -0.4 is 4.74 Å². The number of fused-ring (bicyclic) bond motifs is 1. The molecule has 0 spiro atoms. The zero-order valence-corrected chi connectivity index (χ0v) is 13.3. The molecule has 1 heterocycles. The standard InChI is InChI=1S/C15H9BrCl2O2/c16-9-6-8-4-5-20-15(8)10(7-9)14(19)13-11(17)2-1-3-12(13)18/h1-3,6-7H,4-5H2. The minimum atomic E-state index is -0.222. The van der Waals surface area contributed by atoms with Crippen LogP contribution in [0.2, 0.25) is 10.0 Å². The van der Waals surface area contributed by atoms with Crippen LogP contribution in [0.1, 0.15) is 21.5 Å². The van der Waals surface area contributed by atoms with Crippen LogP contribution in [-0.2, 0) is 6.42 Å². The monoisotopic (exact) mass is 370 g/mol. The first-order valence-electron chi connectivity index (χ1n) is 6.02. The van der Waals surface area contributed by atoms with Crippen LogP contribution in [0.4, 0.5) is 0 Å². The van der Waals surface area contributed by atoms with Crippen molar-refractivity contribution < 1.29 is 9.53 Å². The quantitative estimate of drug-likeness (QED) is 0.700. The molecule has 1 aliphatic heterocycles. The van der Waals surface area contributed by atoms with Crippen molar-refractivity contribution in [1.82, 2.24) is 0 Å². The van der Waals surface area contributed by atoms with E-state index in [4.69, 9.17) is 27.9 Å². The highest BCUT2D eigenvalue weighted by Crippen LogP contribution is 2.36. The average molecular weight is 372 g/mol. The maximum Gasteiger partial charge on any atom is 0.199 e. The molecule has 0 N–H and O–H groups in total. The average Bonchev–Trinajstić information content (AvgIpc) is 2.85. The SMILES string of the molecule is O=C(c1cc(Br)cc2c1OCC2)c1c(Cl)cccc1Cl. The summed E-state index contributed by atoms with van der Waals surface area (Å²) in [5, 5.41) is 0.684. The van der Waals surface area contributed by atoms with Crippen molar-refractivity contribution in [2.24, 2.45) is 0 Å². The molecule has 20 heavy (non-hydrogen) atoms. The van der Waals surface area contributed by atoms with Gasteiger partial charge in [-0.05, 0) is 29.8 Å². The normalized spacial score (nSPS) is 12.9. The first-order valence-corrected chi connectivity index (χ1v) is 7.57. The number of carbonyl (C=O) groups is 1. The molecular weight excluding hydrogens is 363 g/mol. The number of carbonyl (C=O) groups excluding carboxylic acids is 1. The third-order valence-electron chi connectivity index (χ3n) is 3.18. The van der Waals surface area contributed by atoms with Gasteiger partial charge in [-0.15, -0.1) is 0 Å². The van der Waals surface area contributed by atoms with E-state index in [1.54, 1.807) is 24.3 Å². The summed E-state index contributed by atoms with van der Waals surface area (Å²) in [5.41, 5.74) is 1.82. The van der Waals surface area contributed by atoms with E-state index in [9.17, 15) is 4.79 Å². The Morgan fingerprint density at radius 1 is 1.20 bits per heavy atom. The van der Waals surface area contributed by atoms with E-state index in [-0.39, 0.29) is 5.78 Å². The fourth-order valence-electron chi connectivity index (χ4n) is 2.29. The highest BCUT2D eigenvalue weighted by molar-refractivity contribution is 9.10. The first kappa shape index (κ1) is 13.9. The number of rotatable bonds is 2. The molecule has 5 heteroatoms. The Labute approximate surface area is 134 Å². The van der Waals surface area contributed by atoms with Crippen LogP contribution in [0.3, 0.4) is 0 Å². The Hall–Kier alpha value is -1.03. The molecule has 0 radical (unpaired) electrons. The third-order valence-corrected chi connectivity index (χ3v) is 4.27. The summed E-state index contributed by atoms with van der Waals surface area (Å²) in [6.45, 7) is 0.586. The van der Waals surface area contributed by atoms with E-state index >= 15 is 0 Å². The molecule has 102 valence electrons. The molecule has 2 aromatic carbocycles. The lowest BCUT2D eigenvalue weighted by molar-refractivity contribution is 0.103. The van der Waals surface area contributed by atoms with E-state index in [1.807, 2.05) is 6.07 Å². The number of hydrogen-bond donors (Lipinski definition) is 0. The molecule has 1 aliphatic rings. The summed E-state index contributed by atoms with van der Waals surface area (Å²) in [6, 6.07) is 8.72. The molecule has 2 nitrogen and oxygen atoms in total. The number of benzene rings is 2. The molecule has 0 aromatic heterocycles. The second kappa shape index (κ2) is 5.40. The van der Waals surface area contributed by atoms with Crippen molar-refractivity contribution in [3.05, 3.63) is 61.5 Å². The summed E-state index contributed by atoms with van der Waals surface area (Å²) in [6.07, 6.45) is 0.797. The number of ether oxygens (including phenoxy) is 1. The van der Waals surface area contributed by atoms with Crippen LogP contribution in [0.25, 0.3) is 0 Å². The predicted molar refractivity (Wildman–Crippen MR) is 83.2 cm³/mol. The zero-order valence-electron chi connectivity index (χ0n) is 10.3. The molecule has 3 rings (SSSR count). The Balaban J connectivity index is 2.17. The van der Waals surface area contributed by atoms with Gasteiger partial charge in [0.25, 0.3) is 0 Å². The van der Waals surface area contributed by atoms with Gasteiger partial charge in [-0.3, -0.25) is 4.79 Å². The highest BCUT2D eigenvalue weighted by atomic mass is 79.9. The van der Waals surface area contributed by atoms with Crippen LogP contribution in [0.5, 0.6) is 5.75 Å². The van der Waals surface area contributed by atoms with Gasteiger partial charge in [0.2, 0.25) is 0 Å². The largest absolute Gasteiger partial charge is 0.492 e. The molecular formula is C15H9BrCl2O2. The van der Waals surface area contributed by atoms with E-state index in [1.165, 1.54) is 0 Å². The second-order valence-electron chi connectivity index (χ2n) is 4.47. The van der Waals surface area contributed by atoms with E-state index < -0.39 is 0 Å². The molecule has 0 atom stereocenters. The molecule has 0 fully saturated rings. The summed E-state index contributed by atoms with van der Waals surface area (Å²) >= 11 is 15.6.